The van der Waals surface area contributed by atoms with E-state index >= 15 is 0 Å². The molecule has 0 aliphatic carbocycles. The Hall–Kier alpha value is -1.50. The summed E-state index contributed by atoms with van der Waals surface area (Å²) in [6.07, 6.45) is 0. The van der Waals surface area contributed by atoms with Crippen molar-refractivity contribution in [2.24, 2.45) is 0 Å². The largest absolute Gasteiger partial charge is 0.218 e. The monoisotopic (exact) mass is 371 g/mol. The Labute approximate surface area is 163 Å². The number of benzene rings is 4. The molecule has 0 bridgehead atoms. The van der Waals surface area contributed by atoms with Crippen LogP contribution in [0.15, 0.2) is 72.8 Å². The normalized spacial score (nSPS) is 9.83. The van der Waals surface area contributed by atoms with Crippen LogP contribution in [0, 0.1) is 12.1 Å². The van der Waals surface area contributed by atoms with Gasteiger partial charge in [0.15, 0.2) is 0 Å². The van der Waals surface area contributed by atoms with Crippen molar-refractivity contribution in [3.05, 3.63) is 84.9 Å². The zero-order valence-electron chi connectivity index (χ0n) is 13.5. The van der Waals surface area contributed by atoms with Crippen molar-refractivity contribution >= 4 is 21.5 Å². The minimum Gasteiger partial charge on any atom is -0.218 e. The summed E-state index contributed by atoms with van der Waals surface area (Å²) in [6.45, 7) is 4.00. The maximum atomic E-state index is 3.39. The minimum absolute atomic E-state index is 0. The predicted molar refractivity (Wildman–Crippen MR) is 95.9 cm³/mol. The first-order valence-electron chi connectivity index (χ1n) is 7.73. The van der Waals surface area contributed by atoms with Gasteiger partial charge in [0.1, 0.15) is 0 Å². The molecule has 4 aromatic carbocycles. The molecule has 0 saturated carbocycles. The first kappa shape index (κ1) is 17.9. The third-order valence-corrected chi connectivity index (χ3v) is 3.69. The van der Waals surface area contributed by atoms with E-state index in [0.717, 1.165) is 11.1 Å². The van der Waals surface area contributed by atoms with Crippen LogP contribution in [0.5, 0.6) is 0 Å². The van der Waals surface area contributed by atoms with Crippen LogP contribution >= 0.6 is 0 Å². The van der Waals surface area contributed by atoms with Crippen molar-refractivity contribution in [3.63, 3.8) is 0 Å². The Morgan fingerprint density at radius 2 is 0.957 bits per heavy atom. The van der Waals surface area contributed by atoms with E-state index in [0.29, 0.717) is 0 Å². The van der Waals surface area contributed by atoms with Gasteiger partial charge in [0.2, 0.25) is 0 Å². The second kappa shape index (κ2) is 8.38. The van der Waals surface area contributed by atoms with Crippen LogP contribution in [0.2, 0.25) is 0 Å². The summed E-state index contributed by atoms with van der Waals surface area (Å²) in [5, 5.41) is 4.93. The van der Waals surface area contributed by atoms with Crippen molar-refractivity contribution in [2.75, 3.05) is 0 Å². The minimum atomic E-state index is 0. The van der Waals surface area contributed by atoms with Crippen LogP contribution in [0.25, 0.3) is 32.7 Å². The maximum Gasteiger partial charge on any atom is 0 e. The molecule has 0 N–H and O–H groups in total. The number of rotatable bonds is 1. The van der Waals surface area contributed by atoms with Gasteiger partial charge in [-0.25, -0.2) is 11.1 Å². The van der Waals surface area contributed by atoms with E-state index in [1.807, 2.05) is 26.0 Å². The fourth-order valence-electron chi connectivity index (χ4n) is 2.74. The predicted octanol–water partition coefficient (Wildman–Crippen LogP) is 6.28. The molecule has 0 nitrogen and oxygen atoms in total. The Bertz CT molecular complexity index is 822. The summed E-state index contributed by atoms with van der Waals surface area (Å²) in [4.78, 5) is 0. The second-order valence-corrected chi connectivity index (χ2v) is 4.88. The maximum absolute atomic E-state index is 3.39. The second-order valence-electron chi connectivity index (χ2n) is 4.88. The van der Waals surface area contributed by atoms with Gasteiger partial charge in [-0.3, -0.25) is 0 Å². The van der Waals surface area contributed by atoms with Gasteiger partial charge in [-0.1, -0.05) is 50.2 Å². The van der Waals surface area contributed by atoms with E-state index in [-0.39, 0.29) is 32.7 Å². The average Bonchev–Trinajstić information content (AvgIpc) is 2.62. The van der Waals surface area contributed by atoms with Crippen LogP contribution in [0.3, 0.4) is 0 Å². The van der Waals surface area contributed by atoms with Gasteiger partial charge < -0.3 is 0 Å². The smallest absolute Gasteiger partial charge is 0 e. The quantitative estimate of drug-likeness (QED) is 0.345. The van der Waals surface area contributed by atoms with E-state index in [4.69, 9.17) is 0 Å². The molecule has 0 aliphatic rings. The Morgan fingerprint density at radius 1 is 0.565 bits per heavy atom. The first-order valence-corrected chi connectivity index (χ1v) is 7.73. The van der Waals surface area contributed by atoms with Gasteiger partial charge in [-0.05, 0) is 0 Å². The first-order chi connectivity index (χ1) is 10.9. The molecule has 23 heavy (non-hydrogen) atoms. The zero-order valence-corrected chi connectivity index (χ0v) is 16.3. The molecule has 0 heterocycles. The van der Waals surface area contributed by atoms with Crippen LogP contribution in [0.4, 0.5) is 0 Å². The number of fused-ring (bicyclic) bond motifs is 2. The summed E-state index contributed by atoms with van der Waals surface area (Å²) in [7, 11) is 0. The molecule has 111 valence electrons. The van der Waals surface area contributed by atoms with Gasteiger partial charge in [0, 0.05) is 32.7 Å². The van der Waals surface area contributed by atoms with Crippen LogP contribution < -0.4 is 0 Å². The Balaban J connectivity index is 0.000000617. The van der Waals surface area contributed by atoms with Gasteiger partial charge >= 0.3 is 0 Å². The van der Waals surface area contributed by atoms with Gasteiger partial charge in [-0.15, -0.1) is 45.8 Å². The van der Waals surface area contributed by atoms with Crippen LogP contribution in [-0.2, 0) is 32.7 Å². The third-order valence-electron chi connectivity index (χ3n) is 3.69. The third kappa shape index (κ3) is 3.54. The van der Waals surface area contributed by atoms with Gasteiger partial charge in [-0.2, -0.15) is 24.3 Å². The Kier molecular flexibility index (Phi) is 6.51. The van der Waals surface area contributed by atoms with E-state index in [9.17, 15) is 0 Å². The fourth-order valence-corrected chi connectivity index (χ4v) is 2.74. The van der Waals surface area contributed by atoms with Crippen LogP contribution in [0.1, 0.15) is 13.8 Å². The van der Waals surface area contributed by atoms with Crippen molar-refractivity contribution in [1.82, 2.24) is 0 Å². The molecule has 0 fully saturated rings. The molecular formula is C22H18Y-2. The van der Waals surface area contributed by atoms with E-state index in [2.05, 4.69) is 72.8 Å². The Morgan fingerprint density at radius 3 is 1.39 bits per heavy atom. The fraction of sp³-hybridized carbons (Fsp3) is 0.0909. The topological polar surface area (TPSA) is 0 Å². The molecule has 0 saturated heterocycles. The van der Waals surface area contributed by atoms with Crippen LogP contribution in [-0.4, -0.2) is 0 Å². The summed E-state index contributed by atoms with van der Waals surface area (Å²) < 4.78 is 0. The zero-order chi connectivity index (χ0) is 15.4. The molecule has 0 unspecified atom stereocenters. The molecule has 0 aliphatic heterocycles. The molecule has 4 aromatic rings. The molecule has 4 rings (SSSR count). The average molecular weight is 371 g/mol. The van der Waals surface area contributed by atoms with Gasteiger partial charge in [0.05, 0.1) is 0 Å². The standard InChI is InChI=1S/C20H12.C2H6.Y/c1-3-11-17-15(7-1)9-5-13-19(17)20-14-6-10-16-8-2-4-12-18(16)20;1-2;/h1-12H;1-2H3;/q-2;;. The summed E-state index contributed by atoms with van der Waals surface area (Å²) in [5.74, 6) is 0. The molecule has 0 atom stereocenters. The van der Waals surface area contributed by atoms with E-state index in [1.54, 1.807) is 0 Å². The van der Waals surface area contributed by atoms with Crippen molar-refractivity contribution in [2.45, 2.75) is 13.8 Å². The van der Waals surface area contributed by atoms with Crippen molar-refractivity contribution < 1.29 is 32.7 Å². The van der Waals surface area contributed by atoms with E-state index in [1.165, 1.54) is 21.5 Å². The summed E-state index contributed by atoms with van der Waals surface area (Å²) >= 11 is 0. The number of hydrogen-bond donors (Lipinski definition) is 0. The SMILES string of the molecule is CC.[Y].[c-]1ccc2ccccc2c1-c1[c-]ccc2ccccc12. The van der Waals surface area contributed by atoms with Crippen molar-refractivity contribution in [1.29, 1.82) is 0 Å². The van der Waals surface area contributed by atoms with E-state index < -0.39 is 0 Å². The molecule has 0 aromatic heterocycles. The van der Waals surface area contributed by atoms with Crippen molar-refractivity contribution in [3.8, 4) is 11.1 Å². The number of hydrogen-bond acceptors (Lipinski definition) is 0. The molecule has 0 spiro atoms. The summed E-state index contributed by atoms with van der Waals surface area (Å²) in [6, 6.07) is 31.8. The molecular weight excluding hydrogens is 353 g/mol. The molecule has 0 amide bonds. The van der Waals surface area contributed by atoms with Gasteiger partial charge in [0.25, 0.3) is 0 Å². The molecule has 1 heteroatoms. The summed E-state index contributed by atoms with van der Waals surface area (Å²) in [5.41, 5.74) is 2.25. The molecule has 1 radical (unpaired) electrons.